The summed E-state index contributed by atoms with van der Waals surface area (Å²) >= 11 is 6.53. The van der Waals surface area contributed by atoms with Gasteiger partial charge in [-0.3, -0.25) is 5.43 Å². The Bertz CT molecular complexity index is 303. The zero-order valence-corrected chi connectivity index (χ0v) is 9.13. The van der Waals surface area contributed by atoms with E-state index in [2.05, 4.69) is 15.8 Å². The van der Waals surface area contributed by atoms with E-state index >= 15 is 0 Å². The van der Waals surface area contributed by atoms with Gasteiger partial charge in [0, 0.05) is 11.9 Å². The van der Waals surface area contributed by atoms with Crippen LogP contribution in [0.3, 0.4) is 0 Å². The average molecular weight is 213 g/mol. The van der Waals surface area contributed by atoms with Gasteiger partial charge in [-0.2, -0.15) is 5.10 Å². The zero-order valence-electron chi connectivity index (χ0n) is 7.50. The minimum atomic E-state index is 0.524. The minimum absolute atomic E-state index is 0.524. The van der Waals surface area contributed by atoms with Crippen molar-refractivity contribution < 1.29 is 0 Å². The lowest BCUT2D eigenvalue weighted by molar-refractivity contribution is 0.975. The Hall–Kier alpha value is -0.940. The van der Waals surface area contributed by atoms with Crippen molar-refractivity contribution >= 4 is 34.4 Å². The van der Waals surface area contributed by atoms with Crippen LogP contribution in [0.25, 0.3) is 0 Å². The molecule has 0 fully saturated rings. The van der Waals surface area contributed by atoms with Crippen LogP contribution in [0, 0.1) is 0 Å². The molecule has 0 atom stereocenters. The molecule has 2 N–H and O–H groups in total. The number of thiocarbonyl (C=S) groups is 1. The molecule has 0 spiro atoms. The number of nitrogens with zero attached hydrogens (tertiary/aromatic N) is 1. The predicted molar refractivity (Wildman–Crippen MR) is 61.3 cm³/mol. The van der Waals surface area contributed by atoms with Gasteiger partial charge in [-0.25, -0.2) is 0 Å². The van der Waals surface area contributed by atoms with Gasteiger partial charge in [-0.15, -0.1) is 11.3 Å². The van der Waals surface area contributed by atoms with Crippen LogP contribution in [0.2, 0.25) is 0 Å². The zero-order chi connectivity index (χ0) is 9.68. The summed E-state index contributed by atoms with van der Waals surface area (Å²) in [5.74, 6) is 0. The first kappa shape index (κ1) is 10.1. The van der Waals surface area contributed by atoms with E-state index in [0.717, 1.165) is 10.6 Å². The molecule has 3 nitrogen and oxygen atoms in total. The van der Waals surface area contributed by atoms with Crippen LogP contribution in [-0.2, 0) is 0 Å². The highest BCUT2D eigenvalue weighted by atomic mass is 32.1. The lowest BCUT2D eigenvalue weighted by Gasteiger charge is -2.01. The highest BCUT2D eigenvalue weighted by molar-refractivity contribution is 7.80. The van der Waals surface area contributed by atoms with Crippen molar-refractivity contribution in [2.45, 2.75) is 6.92 Å². The standard InChI is InChI=1S/C8H11N3S2/c1-6(7-4-3-5-13-7)10-11-8(12)9-2/h3-5H,1-2H3,(H2,9,11,12). The summed E-state index contributed by atoms with van der Waals surface area (Å²) in [6.07, 6.45) is 0. The maximum atomic E-state index is 4.88. The summed E-state index contributed by atoms with van der Waals surface area (Å²) in [4.78, 5) is 1.14. The van der Waals surface area contributed by atoms with Gasteiger partial charge >= 0.3 is 0 Å². The summed E-state index contributed by atoms with van der Waals surface area (Å²) < 4.78 is 0. The lowest BCUT2D eigenvalue weighted by atomic mass is 10.3. The molecule has 1 rings (SSSR count). The number of thiophene rings is 1. The molecule has 1 aromatic heterocycles. The highest BCUT2D eigenvalue weighted by Gasteiger charge is 1.97. The third-order valence-corrected chi connectivity index (χ3v) is 2.70. The summed E-state index contributed by atoms with van der Waals surface area (Å²) in [5, 5.41) is 9.44. The van der Waals surface area contributed by atoms with E-state index < -0.39 is 0 Å². The monoisotopic (exact) mass is 213 g/mol. The Labute approximate surface area is 86.9 Å². The third kappa shape index (κ3) is 3.12. The lowest BCUT2D eigenvalue weighted by Crippen LogP contribution is -2.29. The number of hydrogen-bond donors (Lipinski definition) is 2. The van der Waals surface area contributed by atoms with E-state index in [1.165, 1.54) is 0 Å². The topological polar surface area (TPSA) is 36.4 Å². The first-order valence-electron chi connectivity index (χ1n) is 3.80. The Morgan fingerprint density at radius 3 is 2.92 bits per heavy atom. The maximum absolute atomic E-state index is 4.88. The van der Waals surface area contributed by atoms with Gasteiger partial charge < -0.3 is 5.32 Å². The van der Waals surface area contributed by atoms with Crippen LogP contribution < -0.4 is 10.7 Å². The molecule has 0 saturated carbocycles. The number of rotatable bonds is 2. The smallest absolute Gasteiger partial charge is 0.186 e. The van der Waals surface area contributed by atoms with Crippen molar-refractivity contribution in [1.82, 2.24) is 10.7 Å². The van der Waals surface area contributed by atoms with E-state index in [9.17, 15) is 0 Å². The molecule has 0 radical (unpaired) electrons. The fourth-order valence-corrected chi connectivity index (χ4v) is 1.45. The molecule has 0 aromatic carbocycles. The first-order valence-corrected chi connectivity index (χ1v) is 5.08. The van der Waals surface area contributed by atoms with Gasteiger partial charge in [0.1, 0.15) is 0 Å². The van der Waals surface area contributed by atoms with Crippen molar-refractivity contribution in [2.24, 2.45) is 5.10 Å². The van der Waals surface area contributed by atoms with Gasteiger partial charge in [-0.05, 0) is 30.6 Å². The van der Waals surface area contributed by atoms with Gasteiger partial charge in [0.05, 0.1) is 5.71 Å². The van der Waals surface area contributed by atoms with E-state index in [-0.39, 0.29) is 0 Å². The predicted octanol–water partition coefficient (Wildman–Crippen LogP) is 1.57. The molecule has 13 heavy (non-hydrogen) atoms. The van der Waals surface area contributed by atoms with Crippen LogP contribution >= 0.6 is 23.6 Å². The average Bonchev–Trinajstić information content (AvgIpc) is 2.66. The van der Waals surface area contributed by atoms with Crippen molar-refractivity contribution in [2.75, 3.05) is 7.05 Å². The fraction of sp³-hybridized carbons (Fsp3) is 0.250. The molecule has 0 aliphatic heterocycles. The molecule has 70 valence electrons. The number of hydrazone groups is 1. The fourth-order valence-electron chi connectivity index (χ4n) is 0.730. The van der Waals surface area contributed by atoms with Crippen LogP contribution in [0.4, 0.5) is 0 Å². The van der Waals surface area contributed by atoms with Gasteiger partial charge in [0.2, 0.25) is 0 Å². The quantitative estimate of drug-likeness (QED) is 0.445. The second kappa shape index (κ2) is 4.94. The summed E-state index contributed by atoms with van der Waals surface area (Å²) in [6, 6.07) is 4.02. The van der Waals surface area contributed by atoms with Crippen LogP contribution in [0.5, 0.6) is 0 Å². The van der Waals surface area contributed by atoms with E-state index in [4.69, 9.17) is 12.2 Å². The first-order chi connectivity index (χ1) is 6.24. The molecule has 5 heteroatoms. The summed E-state index contributed by atoms with van der Waals surface area (Å²) in [6.45, 7) is 1.94. The van der Waals surface area contributed by atoms with Crippen molar-refractivity contribution in [3.05, 3.63) is 22.4 Å². The molecule has 0 bridgehead atoms. The van der Waals surface area contributed by atoms with Crippen LogP contribution in [-0.4, -0.2) is 17.9 Å². The Morgan fingerprint density at radius 1 is 1.62 bits per heavy atom. The van der Waals surface area contributed by atoms with Crippen LogP contribution in [0.1, 0.15) is 11.8 Å². The van der Waals surface area contributed by atoms with Crippen molar-refractivity contribution in [3.63, 3.8) is 0 Å². The van der Waals surface area contributed by atoms with Gasteiger partial charge in [-0.1, -0.05) is 6.07 Å². The van der Waals surface area contributed by atoms with Crippen molar-refractivity contribution in [1.29, 1.82) is 0 Å². The molecule has 1 heterocycles. The molecule has 0 aliphatic rings. The SMILES string of the molecule is CNC(=S)NN=C(C)c1cccs1. The van der Waals surface area contributed by atoms with E-state index in [0.29, 0.717) is 5.11 Å². The van der Waals surface area contributed by atoms with Crippen molar-refractivity contribution in [3.8, 4) is 0 Å². The second-order valence-corrected chi connectivity index (χ2v) is 3.72. The molecular weight excluding hydrogens is 202 g/mol. The maximum Gasteiger partial charge on any atom is 0.186 e. The summed E-state index contributed by atoms with van der Waals surface area (Å²) in [5.41, 5.74) is 3.67. The molecule has 0 unspecified atom stereocenters. The summed E-state index contributed by atoms with van der Waals surface area (Å²) in [7, 11) is 1.76. The van der Waals surface area contributed by atoms with Gasteiger partial charge in [0.25, 0.3) is 0 Å². The number of nitrogens with one attached hydrogen (secondary N) is 2. The molecule has 0 aliphatic carbocycles. The normalized spacial score (nSPS) is 11.1. The Morgan fingerprint density at radius 2 is 2.38 bits per heavy atom. The Kier molecular flexibility index (Phi) is 3.85. The largest absolute Gasteiger partial charge is 0.364 e. The molecule has 0 amide bonds. The van der Waals surface area contributed by atoms with E-state index in [1.807, 2.05) is 24.4 Å². The van der Waals surface area contributed by atoms with Gasteiger partial charge in [0.15, 0.2) is 5.11 Å². The molecular formula is C8H11N3S2. The number of hydrogen-bond acceptors (Lipinski definition) is 3. The molecule has 1 aromatic rings. The van der Waals surface area contributed by atoms with Crippen LogP contribution in [0.15, 0.2) is 22.6 Å². The second-order valence-electron chi connectivity index (χ2n) is 2.37. The van der Waals surface area contributed by atoms with E-state index in [1.54, 1.807) is 18.4 Å². The minimum Gasteiger partial charge on any atom is -0.364 e. The highest BCUT2D eigenvalue weighted by Crippen LogP contribution is 2.08. The third-order valence-electron chi connectivity index (χ3n) is 1.43. The molecule has 0 saturated heterocycles. The Balaban J connectivity index is 2.57.